The molecule has 0 aliphatic heterocycles. The van der Waals surface area contributed by atoms with E-state index in [-0.39, 0.29) is 24.3 Å². The van der Waals surface area contributed by atoms with Crippen LogP contribution < -0.4 is 0 Å². The van der Waals surface area contributed by atoms with Crippen LogP contribution in [0, 0.1) is 16.2 Å². The average molecular weight is 535 g/mol. The molecule has 0 fully saturated rings. The van der Waals surface area contributed by atoms with Crippen molar-refractivity contribution in [2.45, 2.75) is 18.9 Å². The average Bonchev–Trinajstić information content (AvgIpc) is 2.59. The summed E-state index contributed by atoms with van der Waals surface area (Å²) in [5.41, 5.74) is 1.53. The first-order valence-electron chi connectivity index (χ1n) is 7.54. The Kier molecular flexibility index (Phi) is 16.2. The van der Waals surface area contributed by atoms with E-state index < -0.39 is 19.5 Å². The molecule has 2 unspecified atom stereocenters. The van der Waals surface area contributed by atoms with Gasteiger partial charge in [-0.15, -0.1) is 27.6 Å². The summed E-state index contributed by atoms with van der Waals surface area (Å²) in [4.78, 5) is 7.66. The number of nitriles is 1. The largest absolute Gasteiger partial charge is 0.253 e. The third-order valence-electron chi connectivity index (χ3n) is 2.69. The number of pyridine rings is 2. The zero-order chi connectivity index (χ0) is 22.5. The van der Waals surface area contributed by atoms with Crippen LogP contribution in [0.15, 0.2) is 41.0 Å². The molecule has 30 heavy (non-hydrogen) atoms. The van der Waals surface area contributed by atoms with E-state index in [4.69, 9.17) is 56.4 Å². The van der Waals surface area contributed by atoms with Gasteiger partial charge in [-0.3, -0.25) is 4.78 Å². The number of hydrogen-bond donors (Lipinski definition) is 1. The van der Waals surface area contributed by atoms with Gasteiger partial charge in [0.25, 0.3) is 0 Å². The van der Waals surface area contributed by atoms with Crippen molar-refractivity contribution < 1.29 is 8.42 Å². The maximum atomic E-state index is 11.6. The molecule has 2 rings (SSSR count). The minimum absolute atomic E-state index is 0. The SMILES string of the molecule is C.CS(=N)(=O)Cc1ccc(Cl)nc1.CS(=O)(Cc1ccc(Cl)nc1)=NC#N.ClCCl. The molecule has 2 aromatic rings. The maximum Gasteiger partial charge on any atom is 0.214 e. The van der Waals surface area contributed by atoms with Crippen LogP contribution in [-0.4, -0.2) is 36.2 Å². The van der Waals surface area contributed by atoms with Gasteiger partial charge < -0.3 is 0 Å². The van der Waals surface area contributed by atoms with Crippen molar-refractivity contribution in [3.8, 4) is 6.19 Å². The second kappa shape index (κ2) is 15.6. The quantitative estimate of drug-likeness (QED) is 0.302. The molecule has 0 saturated carbocycles. The minimum atomic E-state index is -2.47. The Bertz CT molecular complexity index is 1020. The van der Waals surface area contributed by atoms with Gasteiger partial charge in [-0.05, 0) is 23.3 Å². The highest BCUT2D eigenvalue weighted by atomic mass is 35.5. The summed E-state index contributed by atoms with van der Waals surface area (Å²) in [6.07, 6.45) is 7.45. The van der Waals surface area contributed by atoms with Crippen LogP contribution in [0.3, 0.4) is 0 Å². The Morgan fingerprint density at radius 3 is 1.70 bits per heavy atom. The fraction of sp³-hybridized carbons (Fsp3) is 0.353. The molecule has 0 amide bonds. The highest BCUT2D eigenvalue weighted by Crippen LogP contribution is 2.09. The van der Waals surface area contributed by atoms with Crippen molar-refractivity contribution in [1.29, 1.82) is 10.0 Å². The molecule has 1 N–H and O–H groups in total. The van der Waals surface area contributed by atoms with Crippen molar-refractivity contribution in [2.24, 2.45) is 4.36 Å². The van der Waals surface area contributed by atoms with Crippen molar-refractivity contribution in [3.05, 3.63) is 58.1 Å². The standard InChI is InChI=1S/C8H8ClN3OS.C7H9ClN2OS.CH2Cl2.CH4/c1-14(13,12-6-10)5-7-2-3-8(9)11-4-7;1-12(9,11)5-6-2-3-7(8)10-4-6;2-1-3;/h2-4H,5H2,1H3;2-4,9H,5H2,1H3;1H2;1H4. The van der Waals surface area contributed by atoms with Gasteiger partial charge in [0.15, 0.2) is 0 Å². The predicted molar refractivity (Wildman–Crippen MR) is 128 cm³/mol. The van der Waals surface area contributed by atoms with Crippen LogP contribution in [0.25, 0.3) is 0 Å². The van der Waals surface area contributed by atoms with Crippen molar-refractivity contribution in [2.75, 3.05) is 17.9 Å². The zero-order valence-electron chi connectivity index (χ0n) is 15.5. The molecule has 7 nitrogen and oxygen atoms in total. The molecule has 0 saturated heterocycles. The Balaban J connectivity index is 0. The van der Waals surface area contributed by atoms with E-state index in [0.29, 0.717) is 10.3 Å². The molecule has 0 bridgehead atoms. The molecule has 168 valence electrons. The Morgan fingerprint density at radius 2 is 1.40 bits per heavy atom. The van der Waals surface area contributed by atoms with Gasteiger partial charge in [0, 0.05) is 34.6 Å². The highest BCUT2D eigenvalue weighted by molar-refractivity contribution is 7.92. The van der Waals surface area contributed by atoms with Crippen molar-refractivity contribution >= 4 is 65.9 Å². The third-order valence-corrected chi connectivity index (χ3v) is 5.36. The lowest BCUT2D eigenvalue weighted by molar-refractivity contribution is 0.678. The molecule has 2 atom stereocenters. The van der Waals surface area contributed by atoms with Crippen LogP contribution in [0.2, 0.25) is 10.3 Å². The number of nitrogens with one attached hydrogen (secondary N) is 1. The first kappa shape index (κ1) is 31.0. The smallest absolute Gasteiger partial charge is 0.214 e. The van der Waals surface area contributed by atoms with Gasteiger partial charge in [-0.1, -0.05) is 42.8 Å². The lowest BCUT2D eigenvalue weighted by Crippen LogP contribution is -2.00. The fourth-order valence-electron chi connectivity index (χ4n) is 1.73. The highest BCUT2D eigenvalue weighted by Gasteiger charge is 2.03. The van der Waals surface area contributed by atoms with E-state index in [0.717, 1.165) is 11.1 Å². The summed E-state index contributed by atoms with van der Waals surface area (Å²) in [5.74, 6) is 0.446. The van der Waals surface area contributed by atoms with Gasteiger partial charge >= 0.3 is 0 Å². The van der Waals surface area contributed by atoms with Crippen molar-refractivity contribution in [3.63, 3.8) is 0 Å². The normalized spacial score (nSPS) is 13.4. The van der Waals surface area contributed by atoms with Gasteiger partial charge in [0.1, 0.15) is 10.3 Å². The number of aromatic nitrogens is 2. The van der Waals surface area contributed by atoms with Crippen LogP contribution in [-0.2, 0) is 31.0 Å². The van der Waals surface area contributed by atoms with E-state index in [1.165, 1.54) is 18.7 Å². The Labute approximate surface area is 198 Å². The van der Waals surface area contributed by atoms with Crippen LogP contribution in [0.5, 0.6) is 0 Å². The van der Waals surface area contributed by atoms with Gasteiger partial charge in [0.2, 0.25) is 6.19 Å². The molecule has 2 heterocycles. The summed E-state index contributed by atoms with van der Waals surface area (Å²) in [5, 5.41) is 9.28. The number of nitrogens with zero attached hydrogens (tertiary/aromatic N) is 4. The lowest BCUT2D eigenvalue weighted by atomic mass is 10.3. The molecule has 0 radical (unpaired) electrons. The van der Waals surface area contributed by atoms with Crippen LogP contribution >= 0.6 is 46.4 Å². The number of alkyl halides is 2. The molecule has 0 spiro atoms. The van der Waals surface area contributed by atoms with Gasteiger partial charge in [-0.25, -0.2) is 18.4 Å². The summed E-state index contributed by atoms with van der Waals surface area (Å²) >= 11 is 20.7. The first-order chi connectivity index (χ1) is 13.4. The van der Waals surface area contributed by atoms with E-state index >= 15 is 0 Å². The molecule has 0 aliphatic rings. The number of hydrogen-bond acceptors (Lipinski definition) is 7. The molecule has 13 heteroatoms. The third kappa shape index (κ3) is 16.6. The molecular weight excluding hydrogens is 512 g/mol. The summed E-state index contributed by atoms with van der Waals surface area (Å²) < 4.78 is 33.2. The second-order valence-electron chi connectivity index (χ2n) is 5.52. The summed E-state index contributed by atoms with van der Waals surface area (Å²) in [7, 11) is -4.94. The van der Waals surface area contributed by atoms with E-state index in [1.807, 2.05) is 0 Å². The minimum Gasteiger partial charge on any atom is -0.253 e. The lowest BCUT2D eigenvalue weighted by Gasteiger charge is -2.00. The Hall–Kier alpha value is -1.15. The predicted octanol–water partition coefficient (Wildman–Crippen LogP) is 5.78. The zero-order valence-corrected chi connectivity index (χ0v) is 20.2. The molecular formula is C17H23Cl4N5O2S2. The van der Waals surface area contributed by atoms with Crippen LogP contribution in [0.4, 0.5) is 0 Å². The van der Waals surface area contributed by atoms with E-state index in [9.17, 15) is 8.42 Å². The first-order valence-corrected chi connectivity index (χ1v) is 13.6. The summed E-state index contributed by atoms with van der Waals surface area (Å²) in [6.45, 7) is 0. The Morgan fingerprint density at radius 1 is 1.00 bits per heavy atom. The molecule has 0 aliphatic carbocycles. The topological polar surface area (TPSA) is 120 Å². The van der Waals surface area contributed by atoms with Gasteiger partial charge in [0.05, 0.1) is 26.6 Å². The molecule has 0 aromatic carbocycles. The maximum absolute atomic E-state index is 11.6. The number of rotatable bonds is 4. The second-order valence-corrected chi connectivity index (χ2v) is 11.8. The summed E-state index contributed by atoms with van der Waals surface area (Å²) in [6, 6.07) is 6.68. The van der Waals surface area contributed by atoms with E-state index in [2.05, 4.69) is 14.3 Å². The van der Waals surface area contributed by atoms with E-state index in [1.54, 1.807) is 36.7 Å². The fourth-order valence-corrected chi connectivity index (χ4v) is 3.79. The van der Waals surface area contributed by atoms with Crippen molar-refractivity contribution in [1.82, 2.24) is 9.97 Å². The monoisotopic (exact) mass is 533 g/mol. The van der Waals surface area contributed by atoms with Crippen LogP contribution in [0.1, 0.15) is 18.6 Å². The molecule has 2 aromatic heterocycles. The number of halogens is 4. The van der Waals surface area contributed by atoms with Gasteiger partial charge in [-0.2, -0.15) is 5.26 Å².